The number of aliphatic imine (C=N–C) groups is 1. The van der Waals surface area contributed by atoms with Crippen LogP contribution in [0.15, 0.2) is 38.8 Å². The zero-order valence-electron chi connectivity index (χ0n) is 22.9. The Morgan fingerprint density at radius 2 is 1.85 bits per heavy atom. The lowest BCUT2D eigenvalue weighted by atomic mass is 9.71. The minimum absolute atomic E-state index is 0.0118. The molecule has 3 heterocycles. The maximum absolute atomic E-state index is 13.4. The molecule has 224 valence electrons. The van der Waals surface area contributed by atoms with E-state index in [2.05, 4.69) is 9.73 Å². The van der Waals surface area contributed by atoms with Gasteiger partial charge in [0.25, 0.3) is 5.56 Å². The lowest BCUT2D eigenvalue weighted by Crippen LogP contribution is -2.42. The molecule has 0 amide bonds. The van der Waals surface area contributed by atoms with Crippen LogP contribution in [-0.2, 0) is 34.2 Å². The van der Waals surface area contributed by atoms with Gasteiger partial charge in [0, 0.05) is 32.2 Å². The number of hydrogen-bond donors (Lipinski definition) is 0. The van der Waals surface area contributed by atoms with E-state index in [-0.39, 0.29) is 54.9 Å². The zero-order chi connectivity index (χ0) is 29.0. The van der Waals surface area contributed by atoms with Gasteiger partial charge in [-0.2, -0.15) is 4.99 Å². The Morgan fingerprint density at radius 1 is 1.05 bits per heavy atom. The number of aromatic nitrogens is 2. The molecule has 2 unspecified atom stereocenters. The molecular weight excluding hydrogens is 547 g/mol. The summed E-state index contributed by atoms with van der Waals surface area (Å²) in [5, 5.41) is 0. The van der Waals surface area contributed by atoms with Crippen LogP contribution in [0.3, 0.4) is 0 Å². The van der Waals surface area contributed by atoms with Crippen LogP contribution in [0, 0.1) is 11.8 Å². The monoisotopic (exact) mass is 581 g/mol. The summed E-state index contributed by atoms with van der Waals surface area (Å²) in [6.45, 7) is 1.44. The van der Waals surface area contributed by atoms with Crippen molar-refractivity contribution in [2.75, 3.05) is 26.4 Å². The quantitative estimate of drug-likeness (QED) is 0.390. The summed E-state index contributed by atoms with van der Waals surface area (Å²) in [6.07, 6.45) is 0.678. The molecule has 2 fully saturated rings. The second-order valence-corrected chi connectivity index (χ2v) is 10.4. The molecule has 0 radical (unpaired) electrons. The fourth-order valence-electron chi connectivity index (χ4n) is 5.41. The standard InChI is InChI=1S/C28H34F3N3O7/c1-33-24-22(26(35)34(27(33)36)11-5-13-39-23-8-2-3-12-38-23)16-18-9-10-21(18)25(32-24)40-15-14-37-19-6-4-7-20(17-19)41-28(29,30)31/h4,6-7,17-18,21,23H,2-3,5,8-16H2,1H3/t18-,21?,23?/m1/s1. The van der Waals surface area contributed by atoms with Crippen LogP contribution in [0.4, 0.5) is 19.0 Å². The number of halogens is 3. The highest BCUT2D eigenvalue weighted by Crippen LogP contribution is 2.41. The minimum atomic E-state index is -4.79. The van der Waals surface area contributed by atoms with E-state index in [9.17, 15) is 22.8 Å². The van der Waals surface area contributed by atoms with Gasteiger partial charge in [0.1, 0.15) is 30.5 Å². The summed E-state index contributed by atoms with van der Waals surface area (Å²) in [7, 11) is 1.59. The highest BCUT2D eigenvalue weighted by molar-refractivity contribution is 5.83. The van der Waals surface area contributed by atoms with Crippen LogP contribution in [0.1, 0.15) is 44.1 Å². The molecule has 41 heavy (non-hydrogen) atoms. The molecule has 0 N–H and O–H groups in total. The first-order chi connectivity index (χ1) is 19.7. The molecule has 1 saturated carbocycles. The van der Waals surface area contributed by atoms with Crippen molar-refractivity contribution in [2.24, 2.45) is 23.9 Å². The third-order valence-electron chi connectivity index (χ3n) is 7.63. The van der Waals surface area contributed by atoms with E-state index in [1.165, 1.54) is 27.3 Å². The third-order valence-corrected chi connectivity index (χ3v) is 7.63. The Kier molecular flexibility index (Phi) is 9.03. The van der Waals surface area contributed by atoms with Crippen LogP contribution in [0.2, 0.25) is 0 Å². The second-order valence-electron chi connectivity index (χ2n) is 10.4. The summed E-state index contributed by atoms with van der Waals surface area (Å²) in [5.41, 5.74) is -0.295. The molecule has 1 saturated heterocycles. The van der Waals surface area contributed by atoms with Gasteiger partial charge in [0.15, 0.2) is 12.2 Å². The highest BCUT2D eigenvalue weighted by atomic mass is 19.4. The summed E-state index contributed by atoms with van der Waals surface area (Å²) < 4.78 is 66.8. The van der Waals surface area contributed by atoms with Gasteiger partial charge in [-0.25, -0.2) is 4.79 Å². The SMILES string of the molecule is Cn1c2c(c(=O)n(CCCOC3CCCCO3)c1=O)C[C@H]1CCC1C(OCCOc1cccc(OC(F)(F)F)c1)=N2. The average Bonchev–Trinajstić information content (AvgIpc) is 3.02. The van der Waals surface area contributed by atoms with E-state index in [0.29, 0.717) is 43.3 Å². The van der Waals surface area contributed by atoms with Crippen LogP contribution < -0.4 is 20.7 Å². The van der Waals surface area contributed by atoms with Gasteiger partial charge in [-0.3, -0.25) is 13.9 Å². The van der Waals surface area contributed by atoms with Gasteiger partial charge >= 0.3 is 12.1 Å². The molecule has 1 aliphatic carbocycles. The molecule has 2 aliphatic heterocycles. The largest absolute Gasteiger partial charge is 0.573 e. The molecule has 0 spiro atoms. The van der Waals surface area contributed by atoms with E-state index < -0.39 is 12.1 Å². The van der Waals surface area contributed by atoms with E-state index >= 15 is 0 Å². The molecule has 10 nitrogen and oxygen atoms in total. The van der Waals surface area contributed by atoms with Crippen molar-refractivity contribution in [2.45, 2.75) is 64.1 Å². The lowest BCUT2D eigenvalue weighted by Gasteiger charge is -2.35. The number of fused-ring (bicyclic) bond motifs is 2. The first-order valence-electron chi connectivity index (χ1n) is 14.0. The van der Waals surface area contributed by atoms with Gasteiger partial charge < -0.3 is 23.7 Å². The first kappa shape index (κ1) is 29.2. The van der Waals surface area contributed by atoms with Gasteiger partial charge in [0.05, 0.1) is 12.2 Å². The fraction of sp³-hybridized carbons (Fsp3) is 0.607. The van der Waals surface area contributed by atoms with E-state index in [0.717, 1.165) is 38.2 Å². The van der Waals surface area contributed by atoms with E-state index in [1.54, 1.807) is 7.05 Å². The molecule has 1 aromatic heterocycles. The van der Waals surface area contributed by atoms with Gasteiger partial charge in [-0.1, -0.05) is 6.07 Å². The van der Waals surface area contributed by atoms with Crippen molar-refractivity contribution < 1.29 is 36.9 Å². The van der Waals surface area contributed by atoms with Gasteiger partial charge in [-0.15, -0.1) is 13.2 Å². The van der Waals surface area contributed by atoms with Crippen LogP contribution >= 0.6 is 0 Å². The summed E-state index contributed by atoms with van der Waals surface area (Å²) in [6, 6.07) is 5.24. The van der Waals surface area contributed by atoms with Crippen molar-refractivity contribution in [1.82, 2.24) is 9.13 Å². The molecular formula is C28H34F3N3O7. The van der Waals surface area contributed by atoms with Crippen LogP contribution in [-0.4, -0.2) is 54.1 Å². The molecule has 2 aromatic rings. The molecule has 0 bridgehead atoms. The van der Waals surface area contributed by atoms with Crippen molar-refractivity contribution in [3.8, 4) is 11.5 Å². The van der Waals surface area contributed by atoms with Crippen molar-refractivity contribution >= 4 is 11.7 Å². The number of nitrogens with zero attached hydrogens (tertiary/aromatic N) is 3. The Hall–Kier alpha value is -3.32. The smallest absolute Gasteiger partial charge is 0.490 e. The Bertz CT molecular complexity index is 1370. The predicted molar refractivity (Wildman–Crippen MR) is 142 cm³/mol. The van der Waals surface area contributed by atoms with Gasteiger partial charge in [-0.05, 0) is 63.0 Å². The summed E-state index contributed by atoms with van der Waals surface area (Å²) in [4.78, 5) is 31.2. The molecule has 3 aliphatic rings. The molecule has 1 aromatic carbocycles. The Morgan fingerprint density at radius 3 is 2.59 bits per heavy atom. The highest BCUT2D eigenvalue weighted by Gasteiger charge is 2.40. The fourth-order valence-corrected chi connectivity index (χ4v) is 5.41. The van der Waals surface area contributed by atoms with Crippen LogP contribution in [0.5, 0.6) is 11.5 Å². The topological polar surface area (TPSA) is 103 Å². The van der Waals surface area contributed by atoms with Crippen molar-refractivity contribution in [1.29, 1.82) is 0 Å². The van der Waals surface area contributed by atoms with Crippen molar-refractivity contribution in [3.63, 3.8) is 0 Å². The van der Waals surface area contributed by atoms with Crippen molar-refractivity contribution in [3.05, 3.63) is 50.7 Å². The molecule has 5 rings (SSSR count). The molecule has 3 atom stereocenters. The lowest BCUT2D eigenvalue weighted by molar-refractivity contribution is -0.274. The number of ether oxygens (including phenoxy) is 5. The molecule has 13 heteroatoms. The minimum Gasteiger partial charge on any atom is -0.490 e. The Labute approximate surface area is 234 Å². The average molecular weight is 582 g/mol. The summed E-state index contributed by atoms with van der Waals surface area (Å²) >= 11 is 0. The second kappa shape index (κ2) is 12.7. The van der Waals surface area contributed by atoms with E-state index in [4.69, 9.17) is 18.9 Å². The normalized spacial score (nSPS) is 22.0. The maximum atomic E-state index is 13.4. The Balaban J connectivity index is 1.23. The third kappa shape index (κ3) is 7.13. The maximum Gasteiger partial charge on any atom is 0.573 e. The number of hydrogen-bond acceptors (Lipinski definition) is 8. The predicted octanol–water partition coefficient (Wildman–Crippen LogP) is 4.09. The number of benzene rings is 1. The number of alkyl halides is 3. The van der Waals surface area contributed by atoms with E-state index in [1.807, 2.05) is 0 Å². The zero-order valence-corrected chi connectivity index (χ0v) is 22.9. The van der Waals surface area contributed by atoms with Gasteiger partial charge in [0.2, 0.25) is 0 Å². The first-order valence-corrected chi connectivity index (χ1v) is 14.0. The van der Waals surface area contributed by atoms with Crippen LogP contribution in [0.25, 0.3) is 0 Å². The number of rotatable bonds is 10. The summed E-state index contributed by atoms with van der Waals surface area (Å²) in [5.74, 6) is 0.728.